The number of hydrogen-bond donors (Lipinski definition) is 3. The first-order valence-electron chi connectivity index (χ1n) is 5.56. The van der Waals surface area contributed by atoms with Gasteiger partial charge in [-0.3, -0.25) is 5.10 Å². The van der Waals surface area contributed by atoms with Gasteiger partial charge in [-0.2, -0.15) is 5.10 Å². The molecule has 0 saturated carbocycles. The van der Waals surface area contributed by atoms with Crippen molar-refractivity contribution in [3.8, 4) is 0 Å². The quantitative estimate of drug-likeness (QED) is 0.717. The predicted octanol–water partition coefficient (Wildman–Crippen LogP) is 0.440. The Morgan fingerprint density at radius 3 is 3.00 bits per heavy atom. The van der Waals surface area contributed by atoms with Crippen LogP contribution in [0.5, 0.6) is 0 Å². The van der Waals surface area contributed by atoms with Gasteiger partial charge in [0.15, 0.2) is 5.03 Å². The lowest BCUT2D eigenvalue weighted by Gasteiger charge is -2.10. The van der Waals surface area contributed by atoms with E-state index >= 15 is 0 Å². The fraction of sp³-hybridized carbons (Fsp3) is 0.400. The average Bonchev–Trinajstić information content (AvgIpc) is 3.06. The lowest BCUT2D eigenvalue weighted by Crippen LogP contribution is -2.28. The molecule has 7 nitrogen and oxygen atoms in total. The Hall–Kier alpha value is -1.29. The smallest absolute Gasteiger partial charge is 0.257 e. The Bertz CT molecular complexity index is 621. The number of nitrogens with zero attached hydrogens (tertiary/aromatic N) is 2. The van der Waals surface area contributed by atoms with Gasteiger partial charge in [-0.1, -0.05) is 6.92 Å². The molecule has 2 heterocycles. The second-order valence-corrected chi connectivity index (χ2v) is 6.64. The molecule has 1 atom stereocenters. The normalized spacial score (nSPS) is 13.6. The van der Waals surface area contributed by atoms with Crippen molar-refractivity contribution >= 4 is 21.4 Å². The van der Waals surface area contributed by atoms with Crippen LogP contribution in [0.2, 0.25) is 0 Å². The topological polar surface area (TPSA) is 108 Å². The molecule has 2 rings (SSSR count). The molecule has 0 fully saturated rings. The summed E-state index contributed by atoms with van der Waals surface area (Å²) in [4.78, 5) is 4.14. The summed E-state index contributed by atoms with van der Waals surface area (Å²) in [5.74, 6) is -0.0183. The van der Waals surface area contributed by atoms with Crippen LogP contribution in [0.15, 0.2) is 22.8 Å². The summed E-state index contributed by atoms with van der Waals surface area (Å²) in [6.45, 7) is 1.75. The molecular weight excluding hydrogens is 288 g/mol. The molecule has 0 amide bonds. The van der Waals surface area contributed by atoms with Crippen LogP contribution in [0, 0.1) is 0 Å². The third-order valence-corrected chi connectivity index (χ3v) is 5.01. The maximum Gasteiger partial charge on any atom is 0.257 e. The second kappa shape index (κ2) is 5.78. The first-order valence-corrected chi connectivity index (χ1v) is 7.93. The van der Waals surface area contributed by atoms with Gasteiger partial charge >= 0.3 is 0 Å². The van der Waals surface area contributed by atoms with Crippen LogP contribution >= 0.6 is 11.3 Å². The van der Waals surface area contributed by atoms with Crippen molar-refractivity contribution in [2.45, 2.75) is 24.5 Å². The highest BCUT2D eigenvalue weighted by Gasteiger charge is 2.21. The average molecular weight is 302 g/mol. The number of aromatic nitrogens is 3. The van der Waals surface area contributed by atoms with Crippen molar-refractivity contribution in [1.82, 2.24) is 19.9 Å². The van der Waals surface area contributed by atoms with E-state index in [4.69, 9.17) is 5.11 Å². The summed E-state index contributed by atoms with van der Waals surface area (Å²) in [5.41, 5.74) is 0.245. The third kappa shape index (κ3) is 3.18. The zero-order chi connectivity index (χ0) is 13.9. The van der Waals surface area contributed by atoms with Gasteiger partial charge in [-0.15, -0.1) is 11.3 Å². The van der Waals surface area contributed by atoms with Crippen LogP contribution in [0.4, 0.5) is 0 Å². The lowest BCUT2D eigenvalue weighted by atomic mass is 10.2. The number of aliphatic hydroxyl groups is 1. The summed E-state index contributed by atoms with van der Waals surface area (Å²) in [5, 5.41) is 17.7. The molecule has 19 heavy (non-hydrogen) atoms. The van der Waals surface area contributed by atoms with E-state index in [0.717, 1.165) is 5.01 Å². The van der Waals surface area contributed by atoms with Gasteiger partial charge in [0, 0.05) is 29.6 Å². The van der Waals surface area contributed by atoms with Gasteiger partial charge in [-0.05, 0) is 0 Å². The SMILES string of the molecule is CC(CNS(=O)(=O)c1[nH]ncc1CO)c1nccs1. The number of aromatic amines is 1. The molecule has 0 bridgehead atoms. The van der Waals surface area contributed by atoms with Gasteiger partial charge < -0.3 is 5.11 Å². The molecule has 0 aliphatic carbocycles. The van der Waals surface area contributed by atoms with Crippen molar-refractivity contribution in [3.05, 3.63) is 28.3 Å². The van der Waals surface area contributed by atoms with Gasteiger partial charge in [-0.25, -0.2) is 18.1 Å². The number of hydrogen-bond acceptors (Lipinski definition) is 6. The number of rotatable bonds is 6. The van der Waals surface area contributed by atoms with Crippen molar-refractivity contribution in [2.24, 2.45) is 0 Å². The van der Waals surface area contributed by atoms with Gasteiger partial charge in [0.2, 0.25) is 0 Å². The molecular formula is C10H14N4O3S2. The van der Waals surface area contributed by atoms with Crippen LogP contribution in [0.1, 0.15) is 23.4 Å². The van der Waals surface area contributed by atoms with Crippen molar-refractivity contribution < 1.29 is 13.5 Å². The molecule has 1 unspecified atom stereocenters. The lowest BCUT2D eigenvalue weighted by molar-refractivity contribution is 0.278. The molecule has 9 heteroatoms. The maximum absolute atomic E-state index is 12.0. The minimum atomic E-state index is -3.70. The van der Waals surface area contributed by atoms with Crippen LogP contribution in [0.3, 0.4) is 0 Å². The number of thiazole rings is 1. The number of H-pyrrole nitrogens is 1. The highest BCUT2D eigenvalue weighted by Crippen LogP contribution is 2.18. The molecule has 0 radical (unpaired) electrons. The van der Waals surface area contributed by atoms with Crippen molar-refractivity contribution in [1.29, 1.82) is 0 Å². The van der Waals surface area contributed by atoms with Crippen molar-refractivity contribution in [3.63, 3.8) is 0 Å². The van der Waals surface area contributed by atoms with Gasteiger partial charge in [0.05, 0.1) is 17.8 Å². The van der Waals surface area contributed by atoms with Crippen LogP contribution < -0.4 is 4.72 Å². The van der Waals surface area contributed by atoms with Gasteiger partial charge in [0.1, 0.15) is 0 Å². The number of aliphatic hydroxyl groups excluding tert-OH is 1. The second-order valence-electron chi connectivity index (χ2n) is 4.01. The Kier molecular flexibility index (Phi) is 4.30. The molecule has 0 spiro atoms. The zero-order valence-electron chi connectivity index (χ0n) is 10.2. The van der Waals surface area contributed by atoms with Crippen LogP contribution in [-0.4, -0.2) is 35.3 Å². The molecule has 104 valence electrons. The minimum Gasteiger partial charge on any atom is -0.392 e. The van der Waals surface area contributed by atoms with Gasteiger partial charge in [0.25, 0.3) is 10.0 Å². The van der Waals surface area contributed by atoms with Crippen LogP contribution in [-0.2, 0) is 16.6 Å². The summed E-state index contributed by atoms with van der Waals surface area (Å²) in [7, 11) is -3.70. The van der Waals surface area contributed by atoms with Crippen molar-refractivity contribution in [2.75, 3.05) is 6.54 Å². The first kappa shape index (κ1) is 14.1. The molecule has 0 aliphatic heterocycles. The predicted molar refractivity (Wildman–Crippen MR) is 70.2 cm³/mol. The van der Waals surface area contributed by atoms with E-state index in [1.165, 1.54) is 17.5 Å². The van der Waals surface area contributed by atoms with Crippen LogP contribution in [0.25, 0.3) is 0 Å². The molecule has 0 saturated heterocycles. The van der Waals surface area contributed by atoms with E-state index in [1.807, 2.05) is 12.3 Å². The Labute approximate surface area is 114 Å². The summed E-state index contributed by atoms with van der Waals surface area (Å²) in [6, 6.07) is 0. The summed E-state index contributed by atoms with van der Waals surface area (Å²) >= 11 is 1.48. The summed E-state index contributed by atoms with van der Waals surface area (Å²) in [6.07, 6.45) is 2.97. The van der Waals surface area contributed by atoms with E-state index in [0.29, 0.717) is 0 Å². The summed E-state index contributed by atoms with van der Waals surface area (Å²) < 4.78 is 26.6. The third-order valence-electron chi connectivity index (χ3n) is 2.57. The largest absolute Gasteiger partial charge is 0.392 e. The van der Waals surface area contributed by atoms with E-state index in [2.05, 4.69) is 19.9 Å². The Morgan fingerprint density at radius 1 is 1.58 bits per heavy atom. The number of sulfonamides is 1. The maximum atomic E-state index is 12.0. The van der Waals surface area contributed by atoms with E-state index in [-0.39, 0.29) is 29.7 Å². The Balaban J connectivity index is 2.06. The molecule has 0 aliphatic rings. The molecule has 2 aromatic rings. The number of nitrogens with one attached hydrogen (secondary N) is 2. The molecule has 2 aromatic heterocycles. The fourth-order valence-electron chi connectivity index (χ4n) is 1.52. The zero-order valence-corrected chi connectivity index (χ0v) is 11.8. The molecule has 0 aromatic carbocycles. The highest BCUT2D eigenvalue weighted by atomic mass is 32.2. The minimum absolute atomic E-state index is 0.0183. The van der Waals surface area contributed by atoms with E-state index < -0.39 is 10.0 Å². The van der Waals surface area contributed by atoms with E-state index in [1.54, 1.807) is 6.20 Å². The standard InChI is InChI=1S/C10H14N4O3S2/c1-7(9-11-2-3-18-9)4-13-19(16,17)10-8(6-15)5-12-14-10/h2-3,5,7,13,15H,4,6H2,1H3,(H,12,14). The highest BCUT2D eigenvalue weighted by molar-refractivity contribution is 7.89. The Morgan fingerprint density at radius 2 is 2.37 bits per heavy atom. The van der Waals surface area contributed by atoms with E-state index in [9.17, 15) is 8.42 Å². The monoisotopic (exact) mass is 302 g/mol. The molecule has 3 N–H and O–H groups in total. The first-order chi connectivity index (χ1) is 9.04. The fourth-order valence-corrected chi connectivity index (χ4v) is 3.46.